The summed E-state index contributed by atoms with van der Waals surface area (Å²) in [6.45, 7) is 22.2. The first kappa shape index (κ1) is 37.7. The zero-order chi connectivity index (χ0) is 30.8. The van der Waals surface area contributed by atoms with E-state index in [2.05, 4.69) is 92.7 Å². The van der Waals surface area contributed by atoms with Crippen LogP contribution in [0.5, 0.6) is 0 Å². The monoisotopic (exact) mass is 569 g/mol. The van der Waals surface area contributed by atoms with E-state index in [4.69, 9.17) is 0 Å². The van der Waals surface area contributed by atoms with Gasteiger partial charge in [0.1, 0.15) is 0 Å². The Morgan fingerprint density at radius 1 is 0.488 bits per heavy atom. The first-order valence-corrected chi connectivity index (χ1v) is 17.4. The van der Waals surface area contributed by atoms with E-state index in [-0.39, 0.29) is 5.83 Å². The van der Waals surface area contributed by atoms with Gasteiger partial charge < -0.3 is 0 Å². The molecular formula is C40H69F. The summed E-state index contributed by atoms with van der Waals surface area (Å²) in [7, 11) is 0. The third kappa shape index (κ3) is 19.4. The fraction of sp³-hybridized carbons (Fsp3) is 0.750. The largest absolute Gasteiger partial charge is 0.212 e. The first-order chi connectivity index (χ1) is 19.3. The van der Waals surface area contributed by atoms with Gasteiger partial charge in [0.2, 0.25) is 0 Å². The highest BCUT2D eigenvalue weighted by Gasteiger charge is 2.15. The lowest BCUT2D eigenvalue weighted by atomic mass is 9.84. The molecule has 0 N–H and O–H groups in total. The lowest BCUT2D eigenvalue weighted by Gasteiger charge is -2.22. The maximum Gasteiger partial charge on any atom is 0.0991 e. The smallest absolute Gasteiger partial charge is 0.0991 e. The minimum Gasteiger partial charge on any atom is -0.212 e. The van der Waals surface area contributed by atoms with E-state index in [1.54, 1.807) is 5.57 Å². The number of allylic oxidation sites excluding steroid dienone is 4. The molecule has 2 atom stereocenters. The van der Waals surface area contributed by atoms with Crippen LogP contribution in [-0.2, 0) is 0 Å². The molecule has 2 saturated carbocycles. The van der Waals surface area contributed by atoms with Crippen molar-refractivity contribution >= 4 is 0 Å². The second-order valence-corrected chi connectivity index (χ2v) is 14.8. The fourth-order valence-electron chi connectivity index (χ4n) is 5.77. The molecule has 41 heavy (non-hydrogen) atoms. The van der Waals surface area contributed by atoms with Crippen LogP contribution in [0.2, 0.25) is 0 Å². The molecule has 0 amide bonds. The van der Waals surface area contributed by atoms with E-state index in [1.165, 1.54) is 88.2 Å². The Morgan fingerprint density at radius 3 is 1.12 bits per heavy atom. The molecule has 2 unspecified atom stereocenters. The van der Waals surface area contributed by atoms with Crippen LogP contribution in [0.25, 0.3) is 0 Å². The van der Waals surface area contributed by atoms with Crippen molar-refractivity contribution in [3.63, 3.8) is 0 Å². The summed E-state index contributed by atoms with van der Waals surface area (Å²) in [6, 6.07) is 8.48. The number of hydrogen-bond donors (Lipinski definition) is 0. The number of rotatable bonds is 0. The maximum absolute atomic E-state index is 12.7. The van der Waals surface area contributed by atoms with Crippen LogP contribution in [-0.4, -0.2) is 0 Å². The molecule has 0 saturated heterocycles. The van der Waals surface area contributed by atoms with E-state index >= 15 is 0 Å². The summed E-state index contributed by atoms with van der Waals surface area (Å²) in [4.78, 5) is 0. The molecule has 1 aromatic carbocycles. The molecule has 0 radical (unpaired) electrons. The van der Waals surface area contributed by atoms with E-state index in [0.717, 1.165) is 41.6 Å². The highest BCUT2D eigenvalue weighted by molar-refractivity contribution is 5.19. The van der Waals surface area contributed by atoms with Gasteiger partial charge in [0.05, 0.1) is 5.83 Å². The average Bonchev–Trinajstić information content (AvgIpc) is 2.94. The van der Waals surface area contributed by atoms with Crippen molar-refractivity contribution < 1.29 is 4.39 Å². The molecule has 0 aromatic heterocycles. The lowest BCUT2D eigenvalue weighted by Crippen LogP contribution is -2.08. The summed E-state index contributed by atoms with van der Waals surface area (Å²) < 4.78 is 12.7. The predicted octanol–water partition coefficient (Wildman–Crippen LogP) is 13.8. The van der Waals surface area contributed by atoms with Gasteiger partial charge >= 0.3 is 0 Å². The summed E-state index contributed by atoms with van der Waals surface area (Å²) in [6.07, 6.45) is 21.0. The van der Waals surface area contributed by atoms with Crippen LogP contribution in [0.15, 0.2) is 47.3 Å². The Morgan fingerprint density at radius 2 is 0.854 bits per heavy atom. The van der Waals surface area contributed by atoms with E-state index in [9.17, 15) is 4.39 Å². The second kappa shape index (κ2) is 21.3. The zero-order valence-electron chi connectivity index (χ0n) is 29.1. The molecule has 5 rings (SSSR count). The Kier molecular flexibility index (Phi) is 19.6. The van der Waals surface area contributed by atoms with Crippen molar-refractivity contribution in [1.29, 1.82) is 0 Å². The minimum atomic E-state index is 0.133. The molecule has 4 aliphatic rings. The third-order valence-corrected chi connectivity index (χ3v) is 9.73. The topological polar surface area (TPSA) is 0 Å². The van der Waals surface area contributed by atoms with Gasteiger partial charge in [-0.2, -0.15) is 0 Å². The lowest BCUT2D eigenvalue weighted by molar-refractivity contribution is 0.308. The van der Waals surface area contributed by atoms with Crippen molar-refractivity contribution in [3.8, 4) is 0 Å². The van der Waals surface area contributed by atoms with E-state index in [0.29, 0.717) is 12.3 Å². The minimum absolute atomic E-state index is 0.133. The van der Waals surface area contributed by atoms with Crippen molar-refractivity contribution in [1.82, 2.24) is 0 Å². The van der Waals surface area contributed by atoms with Gasteiger partial charge in [-0.15, -0.1) is 0 Å². The summed E-state index contributed by atoms with van der Waals surface area (Å²) in [5, 5.41) is 0. The van der Waals surface area contributed by atoms with E-state index < -0.39 is 0 Å². The second-order valence-electron chi connectivity index (χ2n) is 14.8. The van der Waals surface area contributed by atoms with Crippen molar-refractivity contribution in [2.75, 3.05) is 0 Å². The molecule has 0 spiro atoms. The summed E-state index contributed by atoms with van der Waals surface area (Å²) in [5.41, 5.74) is 5.21. The van der Waals surface area contributed by atoms with Crippen LogP contribution in [0.4, 0.5) is 4.39 Å². The number of benzene rings is 1. The predicted molar refractivity (Wildman–Crippen MR) is 183 cm³/mol. The van der Waals surface area contributed by atoms with Crippen LogP contribution in [0.1, 0.15) is 156 Å². The van der Waals surface area contributed by atoms with Crippen LogP contribution < -0.4 is 0 Å². The van der Waals surface area contributed by atoms with Crippen molar-refractivity contribution in [2.45, 2.75) is 159 Å². The van der Waals surface area contributed by atoms with Crippen LogP contribution in [0, 0.1) is 49.4 Å². The van der Waals surface area contributed by atoms with Gasteiger partial charge in [-0.1, -0.05) is 140 Å². The van der Waals surface area contributed by atoms with Crippen molar-refractivity contribution in [3.05, 3.63) is 58.4 Å². The average molecular weight is 569 g/mol. The van der Waals surface area contributed by atoms with Gasteiger partial charge in [-0.05, 0) is 101 Å². The van der Waals surface area contributed by atoms with Gasteiger partial charge in [0.15, 0.2) is 0 Å². The molecule has 236 valence electrons. The number of halogens is 1. The Labute approximate surface area is 257 Å². The molecule has 1 aromatic rings. The maximum atomic E-state index is 12.7. The Bertz CT molecular complexity index is 782. The highest BCUT2D eigenvalue weighted by atomic mass is 19.1. The standard InChI is InChI=1S/C8H13F.2C8H16.C8H14.C8H10/c1-6-3-4-7(2)8(9)5-6;4*1-7-3-5-8(2)6-4-7/h6H,3-5H2,1-2H3;2*7-8H,3-6H2,1-2H3;3,8H,4-6H2,1-2H3;3-6H,1-2H3. The first-order valence-electron chi connectivity index (χ1n) is 17.4. The quantitative estimate of drug-likeness (QED) is 0.273. The van der Waals surface area contributed by atoms with Gasteiger partial charge in [0, 0.05) is 6.42 Å². The molecule has 0 bridgehead atoms. The molecule has 0 nitrogen and oxygen atoms in total. The number of hydrogen-bond acceptors (Lipinski definition) is 0. The third-order valence-electron chi connectivity index (χ3n) is 9.73. The molecule has 4 aliphatic carbocycles. The Hall–Kier alpha value is -1.37. The SMILES string of the molecule is CC1=C(F)CC(C)CC1.CC1=CCC(C)CC1.CC1CCC(C)CC1.CC1CCC(C)CC1.Cc1ccc(C)cc1. The normalized spacial score (nSPS) is 29.5. The Balaban J connectivity index is 0.000000256. The van der Waals surface area contributed by atoms with Crippen LogP contribution in [0.3, 0.4) is 0 Å². The fourth-order valence-corrected chi connectivity index (χ4v) is 5.77. The highest BCUT2D eigenvalue weighted by Crippen LogP contribution is 2.29. The van der Waals surface area contributed by atoms with Gasteiger partial charge in [-0.3, -0.25) is 0 Å². The molecule has 2 fully saturated rings. The van der Waals surface area contributed by atoms with E-state index in [1.807, 2.05) is 6.92 Å². The molecular weight excluding hydrogens is 499 g/mol. The molecule has 0 heterocycles. The molecule has 1 heteroatoms. The van der Waals surface area contributed by atoms with Crippen molar-refractivity contribution in [2.24, 2.45) is 35.5 Å². The molecule has 0 aliphatic heterocycles. The zero-order valence-corrected chi connectivity index (χ0v) is 29.1. The number of aryl methyl sites for hydroxylation is 2. The van der Waals surface area contributed by atoms with Crippen LogP contribution >= 0.6 is 0 Å². The summed E-state index contributed by atoms with van der Waals surface area (Å²) in [5.74, 6) is 5.72. The summed E-state index contributed by atoms with van der Waals surface area (Å²) >= 11 is 0. The van der Waals surface area contributed by atoms with Gasteiger partial charge in [-0.25, -0.2) is 4.39 Å². The van der Waals surface area contributed by atoms with Gasteiger partial charge in [0.25, 0.3) is 0 Å².